The molecule has 2 aromatic rings. The van der Waals surface area contributed by atoms with E-state index in [0.717, 1.165) is 11.1 Å². The van der Waals surface area contributed by atoms with Crippen LogP contribution < -0.4 is 5.32 Å². The standard InChI is InChI=1S/C14H13FN/c15-14-8-4-7-13(9-14)11-16-10-12-5-2-1-3-6-12/h1-10,16H,11H2. The van der Waals surface area contributed by atoms with E-state index in [-0.39, 0.29) is 5.82 Å². The molecule has 0 aliphatic rings. The van der Waals surface area contributed by atoms with Crippen LogP contribution in [-0.2, 0) is 6.54 Å². The topological polar surface area (TPSA) is 12.0 Å². The van der Waals surface area contributed by atoms with Gasteiger partial charge in [-0.25, -0.2) is 4.39 Å². The summed E-state index contributed by atoms with van der Waals surface area (Å²) in [5.41, 5.74) is 2.05. The van der Waals surface area contributed by atoms with Crippen LogP contribution in [0.4, 0.5) is 4.39 Å². The Bertz CT molecular complexity index is 439. The predicted octanol–water partition coefficient (Wildman–Crippen LogP) is 3.13. The van der Waals surface area contributed by atoms with Crippen molar-refractivity contribution in [3.05, 3.63) is 78.1 Å². The lowest BCUT2D eigenvalue weighted by atomic mass is 10.2. The molecule has 1 radical (unpaired) electrons. The molecule has 16 heavy (non-hydrogen) atoms. The van der Waals surface area contributed by atoms with Gasteiger partial charge in [0.2, 0.25) is 0 Å². The van der Waals surface area contributed by atoms with Gasteiger partial charge < -0.3 is 5.32 Å². The molecule has 2 heteroatoms. The summed E-state index contributed by atoms with van der Waals surface area (Å²) in [5.74, 6) is -0.195. The number of rotatable bonds is 4. The van der Waals surface area contributed by atoms with Gasteiger partial charge in [-0.15, -0.1) is 0 Å². The van der Waals surface area contributed by atoms with Gasteiger partial charge in [-0.05, 0) is 23.3 Å². The van der Waals surface area contributed by atoms with Gasteiger partial charge >= 0.3 is 0 Å². The minimum Gasteiger partial charge on any atom is -0.304 e. The highest BCUT2D eigenvalue weighted by Crippen LogP contribution is 2.04. The zero-order chi connectivity index (χ0) is 11.2. The van der Waals surface area contributed by atoms with Gasteiger partial charge in [0.15, 0.2) is 0 Å². The minimum absolute atomic E-state index is 0.195. The average molecular weight is 214 g/mol. The Labute approximate surface area is 94.9 Å². The van der Waals surface area contributed by atoms with Crippen molar-refractivity contribution in [1.29, 1.82) is 0 Å². The van der Waals surface area contributed by atoms with Gasteiger partial charge in [-0.1, -0.05) is 42.5 Å². The highest BCUT2D eigenvalue weighted by atomic mass is 19.1. The summed E-state index contributed by atoms with van der Waals surface area (Å²) in [6.45, 7) is 2.55. The molecule has 0 saturated heterocycles. The fraction of sp³-hybridized carbons (Fsp3) is 0.0714. The summed E-state index contributed by atoms with van der Waals surface area (Å²) in [7, 11) is 0. The molecule has 0 unspecified atom stereocenters. The molecule has 0 atom stereocenters. The summed E-state index contributed by atoms with van der Waals surface area (Å²) in [6, 6.07) is 16.6. The Morgan fingerprint density at radius 2 is 1.81 bits per heavy atom. The van der Waals surface area contributed by atoms with Crippen LogP contribution in [0.1, 0.15) is 11.1 Å². The Balaban J connectivity index is 1.85. The van der Waals surface area contributed by atoms with E-state index in [1.807, 2.05) is 42.9 Å². The van der Waals surface area contributed by atoms with Crippen molar-refractivity contribution in [2.24, 2.45) is 0 Å². The number of halogens is 1. The largest absolute Gasteiger partial charge is 0.304 e. The fourth-order valence-electron chi connectivity index (χ4n) is 1.48. The van der Waals surface area contributed by atoms with Gasteiger partial charge in [-0.2, -0.15) is 0 Å². The molecule has 2 rings (SSSR count). The maximum absolute atomic E-state index is 12.9. The Hall–Kier alpha value is -1.67. The molecule has 0 spiro atoms. The first-order valence-corrected chi connectivity index (χ1v) is 5.21. The molecule has 0 bridgehead atoms. The molecule has 2 aromatic carbocycles. The lowest BCUT2D eigenvalue weighted by molar-refractivity contribution is 0.624. The first-order chi connectivity index (χ1) is 7.84. The second-order valence-electron chi connectivity index (χ2n) is 3.57. The Morgan fingerprint density at radius 1 is 1.00 bits per heavy atom. The molecule has 1 N–H and O–H groups in total. The average Bonchev–Trinajstić information content (AvgIpc) is 2.30. The van der Waals surface area contributed by atoms with Gasteiger partial charge in [0, 0.05) is 6.54 Å². The maximum atomic E-state index is 12.9. The van der Waals surface area contributed by atoms with Crippen LogP contribution in [0.2, 0.25) is 0 Å². The van der Waals surface area contributed by atoms with Crippen molar-refractivity contribution >= 4 is 0 Å². The summed E-state index contributed by atoms with van der Waals surface area (Å²) < 4.78 is 12.9. The molecule has 0 saturated carbocycles. The molecule has 1 nitrogen and oxygen atoms in total. The molecule has 0 aliphatic heterocycles. The molecular formula is C14H13FN. The first-order valence-electron chi connectivity index (χ1n) is 5.21. The highest BCUT2D eigenvalue weighted by Gasteiger charge is 1.95. The van der Waals surface area contributed by atoms with E-state index in [1.165, 1.54) is 12.1 Å². The first kappa shape index (κ1) is 10.8. The lowest BCUT2D eigenvalue weighted by Crippen LogP contribution is -2.10. The summed E-state index contributed by atoms with van der Waals surface area (Å²) in [6.07, 6.45) is 0. The van der Waals surface area contributed by atoms with Crippen LogP contribution in [0.3, 0.4) is 0 Å². The van der Waals surface area contributed by atoms with E-state index in [1.54, 1.807) is 6.07 Å². The van der Waals surface area contributed by atoms with E-state index in [0.29, 0.717) is 6.54 Å². The van der Waals surface area contributed by atoms with Crippen molar-refractivity contribution in [3.8, 4) is 0 Å². The zero-order valence-electron chi connectivity index (χ0n) is 8.86. The van der Waals surface area contributed by atoms with Crippen LogP contribution >= 0.6 is 0 Å². The van der Waals surface area contributed by atoms with Crippen molar-refractivity contribution < 1.29 is 4.39 Å². The summed E-state index contributed by atoms with van der Waals surface area (Å²) in [5, 5.41) is 3.15. The number of nitrogens with one attached hydrogen (secondary N) is 1. The molecule has 81 valence electrons. The summed E-state index contributed by atoms with van der Waals surface area (Å²) in [4.78, 5) is 0. The van der Waals surface area contributed by atoms with Crippen molar-refractivity contribution in [3.63, 3.8) is 0 Å². The van der Waals surface area contributed by atoms with Gasteiger partial charge in [0.1, 0.15) is 5.82 Å². The third-order valence-corrected chi connectivity index (χ3v) is 2.26. The molecule has 0 amide bonds. The van der Waals surface area contributed by atoms with E-state index in [9.17, 15) is 4.39 Å². The monoisotopic (exact) mass is 214 g/mol. The minimum atomic E-state index is -0.195. The van der Waals surface area contributed by atoms with Crippen LogP contribution in [0, 0.1) is 12.4 Å². The van der Waals surface area contributed by atoms with Gasteiger partial charge in [0.25, 0.3) is 0 Å². The third-order valence-electron chi connectivity index (χ3n) is 2.26. The fourth-order valence-corrected chi connectivity index (χ4v) is 1.48. The zero-order valence-corrected chi connectivity index (χ0v) is 8.86. The van der Waals surface area contributed by atoms with Crippen molar-refractivity contribution in [2.45, 2.75) is 6.54 Å². The van der Waals surface area contributed by atoms with Gasteiger partial charge in [-0.3, -0.25) is 0 Å². The SMILES string of the molecule is Fc1cccc(CN[CH]c2ccccc2)c1. The molecule has 0 heterocycles. The maximum Gasteiger partial charge on any atom is 0.123 e. The molecule has 0 fully saturated rings. The number of hydrogen-bond acceptors (Lipinski definition) is 1. The van der Waals surface area contributed by atoms with E-state index >= 15 is 0 Å². The quantitative estimate of drug-likeness (QED) is 0.824. The van der Waals surface area contributed by atoms with E-state index < -0.39 is 0 Å². The second-order valence-corrected chi connectivity index (χ2v) is 3.57. The predicted molar refractivity (Wildman–Crippen MR) is 63.1 cm³/mol. The van der Waals surface area contributed by atoms with Crippen LogP contribution in [0.15, 0.2) is 54.6 Å². The van der Waals surface area contributed by atoms with E-state index in [4.69, 9.17) is 0 Å². The van der Waals surface area contributed by atoms with Crippen molar-refractivity contribution in [1.82, 2.24) is 5.32 Å². The lowest BCUT2D eigenvalue weighted by Gasteiger charge is -2.04. The summed E-state index contributed by atoms with van der Waals surface area (Å²) >= 11 is 0. The van der Waals surface area contributed by atoms with E-state index in [2.05, 4.69) is 5.32 Å². The highest BCUT2D eigenvalue weighted by molar-refractivity contribution is 5.22. The molecule has 0 aliphatic carbocycles. The van der Waals surface area contributed by atoms with Crippen molar-refractivity contribution in [2.75, 3.05) is 0 Å². The van der Waals surface area contributed by atoms with Crippen LogP contribution in [0.25, 0.3) is 0 Å². The third kappa shape index (κ3) is 3.17. The number of benzene rings is 2. The molecule has 0 aromatic heterocycles. The second kappa shape index (κ2) is 5.42. The Morgan fingerprint density at radius 3 is 2.56 bits per heavy atom. The van der Waals surface area contributed by atoms with Crippen LogP contribution in [-0.4, -0.2) is 0 Å². The van der Waals surface area contributed by atoms with Crippen LogP contribution in [0.5, 0.6) is 0 Å². The Kier molecular flexibility index (Phi) is 3.67. The normalized spacial score (nSPS) is 10.3. The van der Waals surface area contributed by atoms with Gasteiger partial charge in [0.05, 0.1) is 6.54 Å². The number of hydrogen-bond donors (Lipinski definition) is 1. The smallest absolute Gasteiger partial charge is 0.123 e. The molecular weight excluding hydrogens is 201 g/mol.